The molecule has 0 bridgehead atoms. The highest BCUT2D eigenvalue weighted by atomic mass is 16.5. The molecule has 2 saturated heterocycles. The van der Waals surface area contributed by atoms with Gasteiger partial charge in [-0.15, -0.1) is 0 Å². The van der Waals surface area contributed by atoms with Crippen molar-refractivity contribution in [2.45, 2.75) is 45.2 Å². The van der Waals surface area contributed by atoms with E-state index in [1.807, 2.05) is 4.90 Å². The molecular formula is C19H28N4O3. The second kappa shape index (κ2) is 7.95. The van der Waals surface area contributed by atoms with Gasteiger partial charge in [-0.1, -0.05) is 6.42 Å². The summed E-state index contributed by atoms with van der Waals surface area (Å²) in [6.07, 6.45) is 3.80. The van der Waals surface area contributed by atoms with E-state index in [0.717, 1.165) is 19.6 Å². The number of carbonyl (C=O) groups is 2. The molecule has 0 unspecified atom stereocenters. The van der Waals surface area contributed by atoms with Crippen LogP contribution < -0.4 is 15.4 Å². The first kappa shape index (κ1) is 18.5. The van der Waals surface area contributed by atoms with Crippen LogP contribution in [0.4, 0.5) is 16.2 Å². The second-order valence-corrected chi connectivity index (χ2v) is 7.17. The quantitative estimate of drug-likeness (QED) is 0.866. The normalized spacial score (nSPS) is 21.0. The van der Waals surface area contributed by atoms with Crippen LogP contribution in [-0.4, -0.2) is 60.6 Å². The Morgan fingerprint density at radius 3 is 2.62 bits per heavy atom. The Balaban J connectivity index is 1.59. The SMILES string of the molecule is COc1ccc(NC(C)=O)cc1NC(=O)N1CC(N2CCCC[C@H]2C)C1. The van der Waals surface area contributed by atoms with E-state index in [-0.39, 0.29) is 11.9 Å². The fourth-order valence-electron chi connectivity index (χ4n) is 3.77. The number of amides is 3. The molecule has 2 heterocycles. The van der Waals surface area contributed by atoms with Crippen molar-refractivity contribution in [2.75, 3.05) is 37.4 Å². The summed E-state index contributed by atoms with van der Waals surface area (Å²) in [5.74, 6) is 0.405. The predicted molar refractivity (Wildman–Crippen MR) is 102 cm³/mol. The number of carbonyl (C=O) groups excluding carboxylic acids is 2. The molecule has 1 atom stereocenters. The van der Waals surface area contributed by atoms with E-state index in [1.54, 1.807) is 25.3 Å². The molecule has 2 N–H and O–H groups in total. The largest absolute Gasteiger partial charge is 0.495 e. The summed E-state index contributed by atoms with van der Waals surface area (Å²) >= 11 is 0. The van der Waals surface area contributed by atoms with E-state index in [1.165, 1.54) is 26.2 Å². The van der Waals surface area contributed by atoms with Gasteiger partial charge in [-0.2, -0.15) is 0 Å². The molecule has 3 rings (SSSR count). The predicted octanol–water partition coefficient (Wildman–Crippen LogP) is 2.74. The Morgan fingerprint density at radius 2 is 1.96 bits per heavy atom. The number of benzene rings is 1. The molecule has 3 amide bonds. The third-order valence-corrected chi connectivity index (χ3v) is 5.23. The zero-order chi connectivity index (χ0) is 18.7. The maximum Gasteiger partial charge on any atom is 0.322 e. The van der Waals surface area contributed by atoms with Gasteiger partial charge in [-0.3, -0.25) is 9.69 Å². The minimum Gasteiger partial charge on any atom is -0.495 e. The van der Waals surface area contributed by atoms with Crippen LogP contribution in [0.25, 0.3) is 0 Å². The first-order valence-corrected chi connectivity index (χ1v) is 9.25. The fraction of sp³-hybridized carbons (Fsp3) is 0.579. The molecule has 0 aliphatic carbocycles. The minimum atomic E-state index is -0.159. The first-order valence-electron chi connectivity index (χ1n) is 9.25. The van der Waals surface area contributed by atoms with Crippen LogP contribution in [0.3, 0.4) is 0 Å². The lowest BCUT2D eigenvalue weighted by molar-refractivity contribution is -0.114. The summed E-state index contributed by atoms with van der Waals surface area (Å²) in [5, 5.41) is 5.62. The maximum absolute atomic E-state index is 12.6. The molecule has 0 aromatic heterocycles. The number of anilines is 2. The number of rotatable bonds is 4. The van der Waals surface area contributed by atoms with Crippen LogP contribution in [0.5, 0.6) is 5.75 Å². The van der Waals surface area contributed by atoms with Crippen molar-refractivity contribution in [1.29, 1.82) is 0 Å². The van der Waals surface area contributed by atoms with Gasteiger partial charge in [0.15, 0.2) is 0 Å². The summed E-state index contributed by atoms with van der Waals surface area (Å²) in [5.41, 5.74) is 1.18. The molecule has 142 valence electrons. The number of nitrogens with one attached hydrogen (secondary N) is 2. The minimum absolute atomic E-state index is 0.135. The van der Waals surface area contributed by atoms with Crippen LogP contribution in [0.1, 0.15) is 33.1 Å². The van der Waals surface area contributed by atoms with Crippen molar-refractivity contribution in [3.63, 3.8) is 0 Å². The van der Waals surface area contributed by atoms with Crippen molar-refractivity contribution in [3.8, 4) is 5.75 Å². The van der Waals surface area contributed by atoms with Crippen LogP contribution >= 0.6 is 0 Å². The third-order valence-electron chi connectivity index (χ3n) is 5.23. The van der Waals surface area contributed by atoms with Gasteiger partial charge in [0.25, 0.3) is 0 Å². The van der Waals surface area contributed by atoms with E-state index in [0.29, 0.717) is 29.2 Å². The lowest BCUT2D eigenvalue weighted by Crippen LogP contribution is -2.64. The van der Waals surface area contributed by atoms with Gasteiger partial charge in [0.05, 0.1) is 12.8 Å². The zero-order valence-electron chi connectivity index (χ0n) is 15.7. The average Bonchev–Trinajstić information content (AvgIpc) is 2.55. The monoisotopic (exact) mass is 360 g/mol. The number of hydrogen-bond acceptors (Lipinski definition) is 4. The molecule has 26 heavy (non-hydrogen) atoms. The van der Waals surface area contributed by atoms with Crippen molar-refractivity contribution in [2.24, 2.45) is 0 Å². The maximum atomic E-state index is 12.6. The molecule has 0 radical (unpaired) electrons. The number of ether oxygens (including phenoxy) is 1. The van der Waals surface area contributed by atoms with E-state index >= 15 is 0 Å². The zero-order valence-corrected chi connectivity index (χ0v) is 15.7. The average molecular weight is 360 g/mol. The van der Waals surface area contributed by atoms with Gasteiger partial charge in [0.1, 0.15) is 5.75 Å². The van der Waals surface area contributed by atoms with Crippen molar-refractivity contribution in [3.05, 3.63) is 18.2 Å². The number of piperidine rings is 1. The van der Waals surface area contributed by atoms with E-state index < -0.39 is 0 Å². The van der Waals surface area contributed by atoms with Gasteiger partial charge in [0.2, 0.25) is 5.91 Å². The molecule has 7 nitrogen and oxygen atoms in total. The lowest BCUT2D eigenvalue weighted by atomic mass is 9.98. The summed E-state index contributed by atoms with van der Waals surface area (Å²) in [6, 6.07) is 6.12. The number of methoxy groups -OCH3 is 1. The van der Waals surface area contributed by atoms with Crippen LogP contribution in [0.15, 0.2) is 18.2 Å². The summed E-state index contributed by atoms with van der Waals surface area (Å²) in [7, 11) is 1.56. The Hall–Kier alpha value is -2.28. The lowest BCUT2D eigenvalue weighted by Gasteiger charge is -2.49. The number of nitrogens with zero attached hydrogens (tertiary/aromatic N) is 2. The molecule has 1 aromatic carbocycles. The summed E-state index contributed by atoms with van der Waals surface area (Å²) < 4.78 is 5.31. The second-order valence-electron chi connectivity index (χ2n) is 7.17. The van der Waals surface area contributed by atoms with Crippen molar-refractivity contribution < 1.29 is 14.3 Å². The highest BCUT2D eigenvalue weighted by molar-refractivity contribution is 5.94. The number of hydrogen-bond donors (Lipinski definition) is 2. The van der Waals surface area contributed by atoms with Crippen molar-refractivity contribution >= 4 is 23.3 Å². The standard InChI is InChI=1S/C19H28N4O3/c1-13-6-4-5-9-23(13)16-11-22(12-16)19(25)21-17-10-15(20-14(2)24)7-8-18(17)26-3/h7-8,10,13,16H,4-6,9,11-12H2,1-3H3,(H,20,24)(H,21,25)/t13-/m1/s1. The van der Waals surface area contributed by atoms with Gasteiger partial charge < -0.3 is 20.3 Å². The van der Waals surface area contributed by atoms with Gasteiger partial charge >= 0.3 is 6.03 Å². The van der Waals surface area contributed by atoms with Crippen LogP contribution in [-0.2, 0) is 4.79 Å². The fourth-order valence-corrected chi connectivity index (χ4v) is 3.77. The Kier molecular flexibility index (Phi) is 5.66. The van der Waals surface area contributed by atoms with Crippen molar-refractivity contribution in [1.82, 2.24) is 9.80 Å². The molecule has 7 heteroatoms. The summed E-state index contributed by atoms with van der Waals surface area (Å²) in [4.78, 5) is 28.1. The van der Waals surface area contributed by atoms with Crippen LogP contribution in [0.2, 0.25) is 0 Å². The van der Waals surface area contributed by atoms with E-state index in [2.05, 4.69) is 22.5 Å². The smallest absolute Gasteiger partial charge is 0.322 e. The highest BCUT2D eigenvalue weighted by Gasteiger charge is 2.37. The molecule has 2 aliphatic heterocycles. The molecule has 1 aromatic rings. The first-order chi connectivity index (χ1) is 12.5. The molecule has 2 aliphatic rings. The Bertz CT molecular complexity index is 673. The Morgan fingerprint density at radius 1 is 1.19 bits per heavy atom. The molecule has 2 fully saturated rings. The number of likely N-dealkylation sites (tertiary alicyclic amines) is 2. The van der Waals surface area contributed by atoms with Gasteiger partial charge in [-0.05, 0) is 44.5 Å². The molecular weight excluding hydrogens is 332 g/mol. The third kappa shape index (κ3) is 4.09. The topological polar surface area (TPSA) is 73.9 Å². The van der Waals surface area contributed by atoms with Crippen LogP contribution in [0, 0.1) is 0 Å². The number of urea groups is 1. The van der Waals surface area contributed by atoms with E-state index in [9.17, 15) is 9.59 Å². The van der Waals surface area contributed by atoms with Gasteiger partial charge in [0, 0.05) is 37.8 Å². The van der Waals surface area contributed by atoms with E-state index in [4.69, 9.17) is 4.74 Å². The van der Waals surface area contributed by atoms with Gasteiger partial charge in [-0.25, -0.2) is 4.79 Å². The summed E-state index contributed by atoms with van der Waals surface area (Å²) in [6.45, 7) is 6.37. The Labute approximate surface area is 154 Å². The molecule has 0 saturated carbocycles. The molecule has 0 spiro atoms. The highest BCUT2D eigenvalue weighted by Crippen LogP contribution is 2.29.